The Balaban J connectivity index is 1.76. The first kappa shape index (κ1) is 17.9. The molecule has 0 spiro atoms. The second kappa shape index (κ2) is 7.54. The summed E-state index contributed by atoms with van der Waals surface area (Å²) >= 11 is 6.10. The Hall–Kier alpha value is -2.92. The van der Waals surface area contributed by atoms with Gasteiger partial charge in [-0.25, -0.2) is 9.97 Å². The van der Waals surface area contributed by atoms with E-state index in [4.69, 9.17) is 11.6 Å². The summed E-state index contributed by atoms with van der Waals surface area (Å²) in [6.07, 6.45) is 1.55. The van der Waals surface area contributed by atoms with Crippen LogP contribution in [0.5, 0.6) is 0 Å². The fraction of sp³-hybridized carbons (Fsp3) is 0.150. The normalized spacial score (nSPS) is 10.5. The van der Waals surface area contributed by atoms with Crippen molar-refractivity contribution in [2.24, 2.45) is 0 Å². The first-order valence-corrected chi connectivity index (χ1v) is 8.55. The number of amides is 1. The lowest BCUT2D eigenvalue weighted by molar-refractivity contribution is 0.102. The quantitative estimate of drug-likeness (QED) is 0.678. The van der Waals surface area contributed by atoms with Crippen LogP contribution in [-0.2, 0) is 0 Å². The van der Waals surface area contributed by atoms with E-state index in [9.17, 15) is 4.79 Å². The molecule has 26 heavy (non-hydrogen) atoms. The molecule has 132 valence electrons. The number of anilines is 3. The summed E-state index contributed by atoms with van der Waals surface area (Å²) in [5.41, 5.74) is 5.08. The van der Waals surface area contributed by atoms with E-state index in [0.717, 1.165) is 11.3 Å². The average molecular weight is 367 g/mol. The zero-order chi connectivity index (χ0) is 18.7. The Bertz CT molecular complexity index is 972. The first-order valence-electron chi connectivity index (χ1n) is 8.17. The molecule has 1 amide bonds. The molecule has 2 aromatic carbocycles. The number of halogens is 1. The highest BCUT2D eigenvalue weighted by Gasteiger charge is 2.10. The Kier molecular flexibility index (Phi) is 5.19. The summed E-state index contributed by atoms with van der Waals surface area (Å²) in [7, 11) is 0. The van der Waals surface area contributed by atoms with Crippen molar-refractivity contribution in [3.63, 3.8) is 0 Å². The first-order chi connectivity index (χ1) is 12.4. The minimum Gasteiger partial charge on any atom is -0.324 e. The van der Waals surface area contributed by atoms with Crippen LogP contribution in [-0.4, -0.2) is 15.9 Å². The van der Waals surface area contributed by atoms with Crippen LogP contribution in [0.15, 0.2) is 48.7 Å². The third kappa shape index (κ3) is 4.18. The van der Waals surface area contributed by atoms with Gasteiger partial charge in [-0.15, -0.1) is 0 Å². The van der Waals surface area contributed by atoms with Gasteiger partial charge < -0.3 is 10.6 Å². The van der Waals surface area contributed by atoms with Crippen molar-refractivity contribution in [1.29, 1.82) is 0 Å². The van der Waals surface area contributed by atoms with Gasteiger partial charge in [0.1, 0.15) is 5.69 Å². The zero-order valence-corrected chi connectivity index (χ0v) is 15.6. The maximum absolute atomic E-state index is 12.4. The fourth-order valence-electron chi connectivity index (χ4n) is 2.36. The average Bonchev–Trinajstić information content (AvgIpc) is 2.61. The number of nitrogens with one attached hydrogen (secondary N) is 2. The van der Waals surface area contributed by atoms with Gasteiger partial charge in [-0.2, -0.15) is 0 Å². The van der Waals surface area contributed by atoms with Crippen LogP contribution >= 0.6 is 11.6 Å². The van der Waals surface area contributed by atoms with E-state index in [1.165, 1.54) is 11.1 Å². The summed E-state index contributed by atoms with van der Waals surface area (Å²) in [6, 6.07) is 12.9. The number of hydrogen-bond donors (Lipinski definition) is 2. The largest absolute Gasteiger partial charge is 0.324 e. The second-order valence-corrected chi connectivity index (χ2v) is 6.51. The van der Waals surface area contributed by atoms with Crippen LogP contribution < -0.4 is 10.6 Å². The van der Waals surface area contributed by atoms with Crippen molar-refractivity contribution in [3.05, 3.63) is 76.1 Å². The van der Waals surface area contributed by atoms with E-state index in [-0.39, 0.29) is 11.6 Å². The standard InChI is InChI=1S/C20H19ClN4O/c1-12-4-6-15(10-14(12)3)24-20-22-9-8-18(25-20)19(26)23-16-7-5-13(2)17(21)11-16/h4-11H,1-3H3,(H,23,26)(H,22,24,25). The van der Waals surface area contributed by atoms with Gasteiger partial charge in [0.2, 0.25) is 5.95 Å². The highest BCUT2D eigenvalue weighted by molar-refractivity contribution is 6.31. The maximum atomic E-state index is 12.4. The smallest absolute Gasteiger partial charge is 0.274 e. The predicted molar refractivity (Wildman–Crippen MR) is 105 cm³/mol. The Morgan fingerprint density at radius 3 is 2.38 bits per heavy atom. The summed E-state index contributed by atoms with van der Waals surface area (Å²) in [5, 5.41) is 6.52. The van der Waals surface area contributed by atoms with Crippen LogP contribution in [0, 0.1) is 20.8 Å². The van der Waals surface area contributed by atoms with E-state index in [0.29, 0.717) is 16.7 Å². The van der Waals surface area contributed by atoms with E-state index in [1.54, 1.807) is 24.4 Å². The van der Waals surface area contributed by atoms with E-state index in [1.807, 2.05) is 38.1 Å². The van der Waals surface area contributed by atoms with Gasteiger partial charge in [0.25, 0.3) is 5.91 Å². The fourth-order valence-corrected chi connectivity index (χ4v) is 2.54. The summed E-state index contributed by atoms with van der Waals surface area (Å²) in [4.78, 5) is 20.9. The highest BCUT2D eigenvalue weighted by Crippen LogP contribution is 2.21. The molecule has 0 fully saturated rings. The molecular weight excluding hydrogens is 348 g/mol. The van der Waals surface area contributed by atoms with Gasteiger partial charge in [-0.05, 0) is 67.8 Å². The molecule has 0 saturated heterocycles. The molecule has 1 heterocycles. The molecule has 0 aliphatic heterocycles. The number of benzene rings is 2. The molecule has 0 bridgehead atoms. The lowest BCUT2D eigenvalue weighted by Crippen LogP contribution is -2.14. The lowest BCUT2D eigenvalue weighted by atomic mass is 10.1. The number of nitrogens with zero attached hydrogens (tertiary/aromatic N) is 2. The molecule has 6 heteroatoms. The number of carbonyl (C=O) groups is 1. The molecule has 0 aliphatic carbocycles. The molecule has 3 rings (SSSR count). The maximum Gasteiger partial charge on any atom is 0.274 e. The Morgan fingerprint density at radius 2 is 1.65 bits per heavy atom. The molecule has 5 nitrogen and oxygen atoms in total. The summed E-state index contributed by atoms with van der Waals surface area (Å²) < 4.78 is 0. The molecule has 2 N–H and O–H groups in total. The number of carbonyl (C=O) groups excluding carboxylic acids is 1. The van der Waals surface area contributed by atoms with Crippen LogP contribution in [0.4, 0.5) is 17.3 Å². The van der Waals surface area contributed by atoms with Crippen LogP contribution in [0.3, 0.4) is 0 Å². The van der Waals surface area contributed by atoms with E-state index >= 15 is 0 Å². The van der Waals surface area contributed by atoms with Gasteiger partial charge >= 0.3 is 0 Å². The predicted octanol–water partition coefficient (Wildman–Crippen LogP) is 5.05. The molecule has 3 aromatic rings. The molecule has 0 aliphatic rings. The molecule has 0 atom stereocenters. The Labute approximate surface area is 157 Å². The van der Waals surface area contributed by atoms with Crippen molar-refractivity contribution in [1.82, 2.24) is 9.97 Å². The highest BCUT2D eigenvalue weighted by atomic mass is 35.5. The number of hydrogen-bond acceptors (Lipinski definition) is 4. The van der Waals surface area contributed by atoms with Crippen molar-refractivity contribution in [2.45, 2.75) is 20.8 Å². The topological polar surface area (TPSA) is 66.9 Å². The van der Waals surface area contributed by atoms with Crippen LogP contribution in [0.25, 0.3) is 0 Å². The minimum atomic E-state index is -0.324. The Morgan fingerprint density at radius 1 is 0.923 bits per heavy atom. The van der Waals surface area contributed by atoms with E-state index < -0.39 is 0 Å². The molecule has 0 unspecified atom stereocenters. The minimum absolute atomic E-state index is 0.267. The number of aromatic nitrogens is 2. The zero-order valence-electron chi connectivity index (χ0n) is 14.8. The SMILES string of the molecule is Cc1ccc(Nc2nccc(C(=O)Nc3ccc(C)c(Cl)c3)n2)cc1C. The van der Waals surface area contributed by atoms with Gasteiger partial charge in [-0.1, -0.05) is 23.7 Å². The van der Waals surface area contributed by atoms with Gasteiger partial charge in [0, 0.05) is 22.6 Å². The summed E-state index contributed by atoms with van der Waals surface area (Å²) in [5.74, 6) is 0.0401. The van der Waals surface area contributed by atoms with Gasteiger partial charge in [-0.3, -0.25) is 4.79 Å². The third-order valence-electron chi connectivity index (χ3n) is 4.08. The lowest BCUT2D eigenvalue weighted by Gasteiger charge is -2.09. The van der Waals surface area contributed by atoms with Gasteiger partial charge in [0.15, 0.2) is 0 Å². The summed E-state index contributed by atoms with van der Waals surface area (Å²) in [6.45, 7) is 6.00. The van der Waals surface area contributed by atoms with Crippen molar-refractivity contribution in [3.8, 4) is 0 Å². The molecule has 0 radical (unpaired) electrons. The van der Waals surface area contributed by atoms with Crippen molar-refractivity contribution < 1.29 is 4.79 Å². The molecule has 0 saturated carbocycles. The monoisotopic (exact) mass is 366 g/mol. The number of rotatable bonds is 4. The van der Waals surface area contributed by atoms with Gasteiger partial charge in [0.05, 0.1) is 0 Å². The molecule has 1 aromatic heterocycles. The second-order valence-electron chi connectivity index (χ2n) is 6.11. The molecular formula is C20H19ClN4O. The number of aryl methyl sites for hydroxylation is 3. The van der Waals surface area contributed by atoms with E-state index in [2.05, 4.69) is 27.5 Å². The van der Waals surface area contributed by atoms with Crippen LogP contribution in [0.1, 0.15) is 27.2 Å². The van der Waals surface area contributed by atoms with Crippen LogP contribution in [0.2, 0.25) is 5.02 Å². The van der Waals surface area contributed by atoms with Crippen molar-refractivity contribution in [2.75, 3.05) is 10.6 Å². The third-order valence-corrected chi connectivity index (χ3v) is 4.49. The van der Waals surface area contributed by atoms with Crippen molar-refractivity contribution >= 4 is 34.8 Å².